The van der Waals surface area contributed by atoms with Gasteiger partial charge in [0.15, 0.2) is 0 Å². The van der Waals surface area contributed by atoms with Crippen LogP contribution < -0.4 is 4.74 Å². The number of para-hydroxylation sites is 1. The van der Waals surface area contributed by atoms with Gasteiger partial charge in [-0.2, -0.15) is 0 Å². The number of hydrogen-bond donors (Lipinski definition) is 1. The van der Waals surface area contributed by atoms with E-state index in [0.29, 0.717) is 19.6 Å². The highest BCUT2D eigenvalue weighted by atomic mass is 16.5. The monoisotopic (exact) mass is 249 g/mol. The second kappa shape index (κ2) is 6.40. The number of aliphatic hydroxyl groups is 1. The molecule has 1 aliphatic rings. The Labute approximate surface area is 107 Å². The van der Waals surface area contributed by atoms with E-state index in [9.17, 15) is 4.79 Å². The zero-order valence-corrected chi connectivity index (χ0v) is 10.4. The number of likely N-dealkylation sites (tertiary alicyclic amines) is 1. The Hall–Kier alpha value is -1.55. The molecular formula is C14H19NO3. The minimum atomic E-state index is 0.113. The summed E-state index contributed by atoms with van der Waals surface area (Å²) in [5.74, 6) is 1.16. The standard InChI is InChI=1S/C14H19NO3/c16-11-12-6-8-15(10-12)14(17)7-9-18-13-4-2-1-3-5-13/h1-5,12,16H,6-11H2. The minimum Gasteiger partial charge on any atom is -0.493 e. The van der Waals surface area contributed by atoms with Gasteiger partial charge < -0.3 is 14.7 Å². The lowest BCUT2D eigenvalue weighted by Gasteiger charge is -2.16. The van der Waals surface area contributed by atoms with Gasteiger partial charge >= 0.3 is 0 Å². The summed E-state index contributed by atoms with van der Waals surface area (Å²) in [4.78, 5) is 13.7. The van der Waals surface area contributed by atoms with Crippen molar-refractivity contribution >= 4 is 5.91 Å². The van der Waals surface area contributed by atoms with E-state index in [1.165, 1.54) is 0 Å². The molecular weight excluding hydrogens is 230 g/mol. The summed E-state index contributed by atoms with van der Waals surface area (Å²) < 4.78 is 5.49. The van der Waals surface area contributed by atoms with Crippen LogP contribution in [0.2, 0.25) is 0 Å². The first-order valence-corrected chi connectivity index (χ1v) is 6.36. The SMILES string of the molecule is O=C(CCOc1ccccc1)N1CCC(CO)C1. The van der Waals surface area contributed by atoms with Gasteiger partial charge in [-0.15, -0.1) is 0 Å². The van der Waals surface area contributed by atoms with Crippen LogP contribution in [0.1, 0.15) is 12.8 Å². The highest BCUT2D eigenvalue weighted by molar-refractivity contribution is 5.76. The number of hydrogen-bond acceptors (Lipinski definition) is 3. The normalized spacial score (nSPS) is 18.9. The van der Waals surface area contributed by atoms with E-state index in [0.717, 1.165) is 18.7 Å². The summed E-state index contributed by atoms with van der Waals surface area (Å²) in [6, 6.07) is 9.49. The van der Waals surface area contributed by atoms with Crippen molar-refractivity contribution in [1.29, 1.82) is 0 Å². The zero-order chi connectivity index (χ0) is 12.8. The molecule has 1 amide bonds. The molecule has 1 fully saturated rings. The fourth-order valence-electron chi connectivity index (χ4n) is 2.14. The van der Waals surface area contributed by atoms with E-state index in [1.807, 2.05) is 35.2 Å². The highest BCUT2D eigenvalue weighted by Gasteiger charge is 2.25. The van der Waals surface area contributed by atoms with E-state index in [4.69, 9.17) is 9.84 Å². The third-order valence-corrected chi connectivity index (χ3v) is 3.22. The van der Waals surface area contributed by atoms with E-state index in [-0.39, 0.29) is 18.4 Å². The van der Waals surface area contributed by atoms with Crippen molar-refractivity contribution in [2.24, 2.45) is 5.92 Å². The lowest BCUT2D eigenvalue weighted by atomic mass is 10.1. The average Bonchev–Trinajstić information content (AvgIpc) is 2.89. The van der Waals surface area contributed by atoms with Gasteiger partial charge in [0.25, 0.3) is 0 Å². The molecule has 1 aliphatic heterocycles. The minimum absolute atomic E-state index is 0.113. The van der Waals surface area contributed by atoms with Crippen LogP contribution in [0.4, 0.5) is 0 Å². The second-order valence-corrected chi connectivity index (χ2v) is 4.59. The maximum atomic E-state index is 11.9. The number of carbonyl (C=O) groups is 1. The van der Waals surface area contributed by atoms with Crippen LogP contribution in [-0.4, -0.2) is 42.2 Å². The Bertz CT molecular complexity index is 380. The number of benzene rings is 1. The molecule has 0 aliphatic carbocycles. The molecule has 1 unspecified atom stereocenters. The third-order valence-electron chi connectivity index (χ3n) is 3.22. The number of aliphatic hydroxyl groups excluding tert-OH is 1. The number of nitrogens with zero attached hydrogens (tertiary/aromatic N) is 1. The van der Waals surface area contributed by atoms with Crippen LogP contribution in [0.15, 0.2) is 30.3 Å². The molecule has 1 aromatic carbocycles. The lowest BCUT2D eigenvalue weighted by Crippen LogP contribution is -2.30. The van der Waals surface area contributed by atoms with Crippen molar-refractivity contribution < 1.29 is 14.6 Å². The molecule has 0 aromatic heterocycles. The van der Waals surface area contributed by atoms with E-state index in [1.54, 1.807) is 0 Å². The summed E-state index contributed by atoms with van der Waals surface area (Å²) in [6.07, 6.45) is 1.30. The van der Waals surface area contributed by atoms with Crippen LogP contribution in [0, 0.1) is 5.92 Å². The second-order valence-electron chi connectivity index (χ2n) is 4.59. The number of rotatable bonds is 5. The summed E-state index contributed by atoms with van der Waals surface area (Å²) in [7, 11) is 0. The Morgan fingerprint density at radius 1 is 1.39 bits per heavy atom. The van der Waals surface area contributed by atoms with Crippen molar-refractivity contribution in [3.05, 3.63) is 30.3 Å². The van der Waals surface area contributed by atoms with Gasteiger partial charge in [0.2, 0.25) is 5.91 Å². The molecule has 98 valence electrons. The van der Waals surface area contributed by atoms with Crippen molar-refractivity contribution in [1.82, 2.24) is 4.90 Å². The van der Waals surface area contributed by atoms with Crippen molar-refractivity contribution in [3.8, 4) is 5.75 Å². The van der Waals surface area contributed by atoms with Crippen LogP contribution in [-0.2, 0) is 4.79 Å². The predicted octanol–water partition coefficient (Wildman–Crippen LogP) is 1.30. The molecule has 2 rings (SSSR count). The molecule has 1 atom stereocenters. The van der Waals surface area contributed by atoms with Gasteiger partial charge in [-0.05, 0) is 18.6 Å². The molecule has 18 heavy (non-hydrogen) atoms. The lowest BCUT2D eigenvalue weighted by molar-refractivity contribution is -0.130. The molecule has 0 spiro atoms. The molecule has 1 N–H and O–H groups in total. The zero-order valence-electron chi connectivity index (χ0n) is 10.4. The van der Waals surface area contributed by atoms with Crippen LogP contribution >= 0.6 is 0 Å². The Balaban J connectivity index is 1.69. The molecule has 0 saturated carbocycles. The smallest absolute Gasteiger partial charge is 0.226 e. The first-order valence-electron chi connectivity index (χ1n) is 6.36. The first-order chi connectivity index (χ1) is 8.79. The number of amides is 1. The van der Waals surface area contributed by atoms with E-state index < -0.39 is 0 Å². The first kappa shape index (κ1) is 12.9. The van der Waals surface area contributed by atoms with Gasteiger partial charge in [-0.25, -0.2) is 0 Å². The fraction of sp³-hybridized carbons (Fsp3) is 0.500. The Kier molecular flexibility index (Phi) is 4.59. The topological polar surface area (TPSA) is 49.8 Å². The molecule has 0 bridgehead atoms. The fourth-order valence-corrected chi connectivity index (χ4v) is 2.14. The third kappa shape index (κ3) is 3.47. The van der Waals surface area contributed by atoms with Gasteiger partial charge in [0.05, 0.1) is 13.0 Å². The van der Waals surface area contributed by atoms with Gasteiger partial charge in [-0.1, -0.05) is 18.2 Å². The maximum absolute atomic E-state index is 11.9. The quantitative estimate of drug-likeness (QED) is 0.855. The van der Waals surface area contributed by atoms with Gasteiger partial charge in [0.1, 0.15) is 5.75 Å². The largest absolute Gasteiger partial charge is 0.493 e. The predicted molar refractivity (Wildman–Crippen MR) is 68.3 cm³/mol. The molecule has 4 nitrogen and oxygen atoms in total. The van der Waals surface area contributed by atoms with Crippen molar-refractivity contribution in [2.45, 2.75) is 12.8 Å². The van der Waals surface area contributed by atoms with Crippen LogP contribution in [0.25, 0.3) is 0 Å². The molecule has 1 saturated heterocycles. The average molecular weight is 249 g/mol. The van der Waals surface area contributed by atoms with E-state index >= 15 is 0 Å². The summed E-state index contributed by atoms with van der Waals surface area (Å²) in [5, 5.41) is 9.03. The molecule has 1 heterocycles. The number of carbonyl (C=O) groups excluding carboxylic acids is 1. The summed E-state index contributed by atoms with van der Waals surface area (Å²) >= 11 is 0. The number of ether oxygens (including phenoxy) is 1. The van der Waals surface area contributed by atoms with Crippen LogP contribution in [0.3, 0.4) is 0 Å². The van der Waals surface area contributed by atoms with Gasteiger partial charge in [-0.3, -0.25) is 4.79 Å². The molecule has 1 aromatic rings. The molecule has 4 heteroatoms. The maximum Gasteiger partial charge on any atom is 0.226 e. The Morgan fingerprint density at radius 3 is 2.83 bits per heavy atom. The van der Waals surface area contributed by atoms with Crippen molar-refractivity contribution in [3.63, 3.8) is 0 Å². The van der Waals surface area contributed by atoms with Crippen molar-refractivity contribution in [2.75, 3.05) is 26.3 Å². The molecule has 0 radical (unpaired) electrons. The summed E-state index contributed by atoms with van der Waals surface area (Å²) in [6.45, 7) is 2.02. The highest BCUT2D eigenvalue weighted by Crippen LogP contribution is 2.16. The van der Waals surface area contributed by atoms with Crippen LogP contribution in [0.5, 0.6) is 5.75 Å². The Morgan fingerprint density at radius 2 is 2.17 bits per heavy atom. The summed E-state index contributed by atoms with van der Waals surface area (Å²) in [5.41, 5.74) is 0. The van der Waals surface area contributed by atoms with E-state index in [2.05, 4.69) is 0 Å². The van der Waals surface area contributed by atoms with Gasteiger partial charge in [0, 0.05) is 25.6 Å².